The molecule has 0 atom stereocenters. The maximum absolute atomic E-state index is 12.1. The average Bonchev–Trinajstić information content (AvgIpc) is 2.38. The van der Waals surface area contributed by atoms with Gasteiger partial charge in [-0.25, -0.2) is 0 Å². The highest BCUT2D eigenvalue weighted by Gasteiger charge is 2.31. The van der Waals surface area contributed by atoms with Gasteiger partial charge in [-0.1, -0.05) is 12.1 Å². The molecule has 0 saturated heterocycles. The number of carbonyl (C=O) groups is 1. The Kier molecular flexibility index (Phi) is 4.35. The van der Waals surface area contributed by atoms with Crippen LogP contribution in [0, 0.1) is 5.92 Å². The van der Waals surface area contributed by atoms with Crippen molar-refractivity contribution in [3.05, 3.63) is 29.8 Å². The summed E-state index contributed by atoms with van der Waals surface area (Å²) in [4.78, 5) is 11.3. The van der Waals surface area contributed by atoms with Gasteiger partial charge in [0.2, 0.25) is 0 Å². The first-order valence-electron chi connectivity index (χ1n) is 6.71. The third-order valence-corrected chi connectivity index (χ3v) is 3.89. The fourth-order valence-corrected chi connectivity index (χ4v) is 2.77. The van der Waals surface area contributed by atoms with Crippen molar-refractivity contribution in [1.82, 2.24) is 0 Å². The largest absolute Gasteiger partial charge is 0.573 e. The van der Waals surface area contributed by atoms with Gasteiger partial charge in [0.05, 0.1) is 0 Å². The molecule has 1 aliphatic rings. The minimum atomic E-state index is -4.65. The minimum Gasteiger partial charge on any atom is -0.406 e. The van der Waals surface area contributed by atoms with Crippen LogP contribution in [0.25, 0.3) is 0 Å². The van der Waals surface area contributed by atoms with E-state index in [-0.39, 0.29) is 17.5 Å². The third kappa shape index (κ3) is 3.99. The molecule has 0 aromatic heterocycles. The molecule has 0 N–H and O–H groups in total. The van der Waals surface area contributed by atoms with E-state index >= 15 is 0 Å². The first-order valence-corrected chi connectivity index (χ1v) is 6.71. The highest BCUT2D eigenvalue weighted by Crippen LogP contribution is 2.36. The maximum Gasteiger partial charge on any atom is 0.573 e. The van der Waals surface area contributed by atoms with Crippen LogP contribution in [0.1, 0.15) is 44.1 Å². The normalized spacial score (nSPS) is 23.4. The summed E-state index contributed by atoms with van der Waals surface area (Å²) in [5.74, 6) is 0.515. The first kappa shape index (κ1) is 14.9. The van der Waals surface area contributed by atoms with Gasteiger partial charge in [0, 0.05) is 5.92 Å². The number of hydrogen-bond donors (Lipinski definition) is 0. The number of halogens is 3. The van der Waals surface area contributed by atoms with Gasteiger partial charge < -0.3 is 4.74 Å². The molecule has 1 fully saturated rings. The van der Waals surface area contributed by atoms with Crippen molar-refractivity contribution in [1.29, 1.82) is 0 Å². The summed E-state index contributed by atoms with van der Waals surface area (Å²) in [5.41, 5.74) is 1.02. The van der Waals surface area contributed by atoms with Crippen LogP contribution in [0.2, 0.25) is 0 Å². The SMILES string of the molecule is CC(=O)C1CCC(c2ccc(OC(F)(F)F)cc2)CC1. The Hall–Kier alpha value is -1.52. The lowest BCUT2D eigenvalue weighted by Crippen LogP contribution is -2.19. The van der Waals surface area contributed by atoms with Crippen molar-refractivity contribution < 1.29 is 22.7 Å². The number of carbonyl (C=O) groups excluding carboxylic acids is 1. The zero-order valence-corrected chi connectivity index (χ0v) is 11.2. The summed E-state index contributed by atoms with van der Waals surface area (Å²) < 4.78 is 40.0. The van der Waals surface area contributed by atoms with Gasteiger partial charge in [0.25, 0.3) is 0 Å². The molecule has 0 radical (unpaired) electrons. The zero-order chi connectivity index (χ0) is 14.8. The van der Waals surface area contributed by atoms with Gasteiger partial charge in [0.15, 0.2) is 0 Å². The predicted octanol–water partition coefficient (Wildman–Crippen LogP) is 4.45. The van der Waals surface area contributed by atoms with Gasteiger partial charge in [-0.2, -0.15) is 0 Å². The number of ketones is 1. The molecular weight excluding hydrogens is 269 g/mol. The summed E-state index contributed by atoms with van der Waals surface area (Å²) in [7, 11) is 0. The Morgan fingerprint density at radius 2 is 1.65 bits per heavy atom. The smallest absolute Gasteiger partial charge is 0.406 e. The Morgan fingerprint density at radius 1 is 1.10 bits per heavy atom. The van der Waals surface area contributed by atoms with E-state index in [0.29, 0.717) is 5.92 Å². The highest BCUT2D eigenvalue weighted by molar-refractivity contribution is 5.78. The molecule has 1 aromatic carbocycles. The standard InChI is InChI=1S/C15H17F3O2/c1-10(19)11-2-4-12(5-3-11)13-6-8-14(9-7-13)20-15(16,17)18/h6-9,11-12H,2-5H2,1H3. The van der Waals surface area contributed by atoms with E-state index in [1.54, 1.807) is 19.1 Å². The summed E-state index contributed by atoms with van der Waals surface area (Å²) in [5, 5.41) is 0. The van der Waals surface area contributed by atoms with Gasteiger partial charge in [-0.3, -0.25) is 4.79 Å². The third-order valence-electron chi connectivity index (χ3n) is 3.89. The lowest BCUT2D eigenvalue weighted by molar-refractivity contribution is -0.274. The van der Waals surface area contributed by atoms with Crippen LogP contribution in [-0.4, -0.2) is 12.1 Å². The molecule has 0 aliphatic heterocycles. The number of ether oxygens (including phenoxy) is 1. The monoisotopic (exact) mass is 286 g/mol. The van der Waals surface area contributed by atoms with Crippen LogP contribution in [0.5, 0.6) is 5.75 Å². The second kappa shape index (κ2) is 5.85. The molecule has 0 amide bonds. The zero-order valence-electron chi connectivity index (χ0n) is 11.2. The van der Waals surface area contributed by atoms with E-state index in [4.69, 9.17) is 0 Å². The lowest BCUT2D eigenvalue weighted by atomic mass is 9.77. The number of alkyl halides is 3. The van der Waals surface area contributed by atoms with E-state index in [0.717, 1.165) is 31.2 Å². The first-order chi connectivity index (χ1) is 9.35. The number of hydrogen-bond acceptors (Lipinski definition) is 2. The summed E-state index contributed by atoms with van der Waals surface area (Å²) >= 11 is 0. The van der Waals surface area contributed by atoms with E-state index in [9.17, 15) is 18.0 Å². The van der Waals surface area contributed by atoms with Crippen molar-refractivity contribution in [2.24, 2.45) is 5.92 Å². The Balaban J connectivity index is 1.96. The highest BCUT2D eigenvalue weighted by atomic mass is 19.4. The van der Waals surface area contributed by atoms with Gasteiger partial charge in [-0.05, 0) is 56.2 Å². The van der Waals surface area contributed by atoms with E-state index < -0.39 is 6.36 Å². The Bertz CT molecular complexity index is 457. The van der Waals surface area contributed by atoms with Crippen LogP contribution in [0.15, 0.2) is 24.3 Å². The van der Waals surface area contributed by atoms with Crippen LogP contribution < -0.4 is 4.74 Å². The quantitative estimate of drug-likeness (QED) is 0.820. The Morgan fingerprint density at radius 3 is 2.10 bits per heavy atom. The minimum absolute atomic E-state index is 0.152. The maximum atomic E-state index is 12.1. The molecule has 2 rings (SSSR count). The molecule has 0 spiro atoms. The van der Waals surface area contributed by atoms with E-state index in [1.807, 2.05) is 0 Å². The van der Waals surface area contributed by atoms with Crippen LogP contribution >= 0.6 is 0 Å². The summed E-state index contributed by atoms with van der Waals surface area (Å²) in [6, 6.07) is 6.05. The van der Waals surface area contributed by atoms with Gasteiger partial charge in [0.1, 0.15) is 11.5 Å². The van der Waals surface area contributed by atoms with Crippen molar-refractivity contribution in [3.63, 3.8) is 0 Å². The molecule has 1 aromatic rings. The molecule has 110 valence electrons. The Labute approximate surface area is 115 Å². The molecule has 5 heteroatoms. The number of Topliss-reactive ketones (excluding diaryl/α,β-unsaturated/α-hetero) is 1. The molecule has 0 bridgehead atoms. The average molecular weight is 286 g/mol. The van der Waals surface area contributed by atoms with Crippen molar-refractivity contribution >= 4 is 5.78 Å². The van der Waals surface area contributed by atoms with Crippen molar-refractivity contribution in [2.45, 2.75) is 44.9 Å². The van der Waals surface area contributed by atoms with Gasteiger partial charge >= 0.3 is 6.36 Å². The van der Waals surface area contributed by atoms with Crippen molar-refractivity contribution in [3.8, 4) is 5.75 Å². The molecule has 20 heavy (non-hydrogen) atoms. The lowest BCUT2D eigenvalue weighted by Gasteiger charge is -2.27. The summed E-state index contributed by atoms with van der Waals surface area (Å²) in [6.45, 7) is 1.62. The second-order valence-corrected chi connectivity index (χ2v) is 5.28. The second-order valence-electron chi connectivity index (χ2n) is 5.28. The molecule has 1 saturated carbocycles. The number of rotatable bonds is 3. The fraction of sp³-hybridized carbons (Fsp3) is 0.533. The molecule has 0 unspecified atom stereocenters. The van der Waals surface area contributed by atoms with Crippen molar-refractivity contribution in [2.75, 3.05) is 0 Å². The molecular formula is C15H17F3O2. The van der Waals surface area contributed by atoms with Gasteiger partial charge in [-0.15, -0.1) is 13.2 Å². The van der Waals surface area contributed by atoms with Crippen LogP contribution in [-0.2, 0) is 4.79 Å². The molecule has 2 nitrogen and oxygen atoms in total. The van der Waals surface area contributed by atoms with E-state index in [1.165, 1.54) is 12.1 Å². The molecule has 0 heterocycles. The summed E-state index contributed by atoms with van der Waals surface area (Å²) in [6.07, 6.45) is -1.11. The topological polar surface area (TPSA) is 26.3 Å². The molecule has 1 aliphatic carbocycles. The van der Waals surface area contributed by atoms with E-state index in [2.05, 4.69) is 4.74 Å². The number of benzene rings is 1. The predicted molar refractivity (Wildman–Crippen MR) is 68.5 cm³/mol. The van der Waals surface area contributed by atoms with Crippen LogP contribution in [0.3, 0.4) is 0 Å². The van der Waals surface area contributed by atoms with Crippen LogP contribution in [0.4, 0.5) is 13.2 Å². The fourth-order valence-electron chi connectivity index (χ4n) is 2.77.